The average Bonchev–Trinajstić information content (AvgIpc) is 2.52. The van der Waals surface area contributed by atoms with Crippen LogP contribution in [0.3, 0.4) is 0 Å². The molecule has 3 nitrogen and oxygen atoms in total. The molecule has 0 bridgehead atoms. The zero-order valence-electron chi connectivity index (χ0n) is 12.6. The number of rotatable bonds is 5. The lowest BCUT2D eigenvalue weighted by Crippen LogP contribution is -2.28. The first-order valence-electron chi connectivity index (χ1n) is 6.98. The van der Waals surface area contributed by atoms with Crippen molar-refractivity contribution in [3.63, 3.8) is 0 Å². The number of hydrogen-bond donors (Lipinski definition) is 1. The third kappa shape index (κ3) is 4.95. The molecule has 0 aliphatic heterocycles. The minimum atomic E-state index is -4.36. The van der Waals surface area contributed by atoms with Crippen molar-refractivity contribution in [3.8, 4) is 0 Å². The molecule has 1 heterocycles. The molecule has 0 unspecified atom stereocenters. The van der Waals surface area contributed by atoms with Crippen LogP contribution >= 0.6 is 11.8 Å². The molecular formula is C16H14F4N2OS. The van der Waals surface area contributed by atoms with Crippen LogP contribution in [0, 0.1) is 5.82 Å². The Labute approximate surface area is 140 Å². The Balaban J connectivity index is 2.14. The van der Waals surface area contributed by atoms with Crippen molar-refractivity contribution in [1.29, 1.82) is 0 Å². The number of aromatic nitrogens is 1. The molecule has 0 aliphatic carbocycles. The summed E-state index contributed by atoms with van der Waals surface area (Å²) in [5.74, 6) is -2.22. The standard InChI is InChI=1S/C16H14F4N2OS/c1-10(11-5-2-3-7-13(11)17)22-14(23)12-6-4-8-21-15(12)24-9-16(18,19)20/h2-8,10H,9H2,1H3,(H,22,23)/t10-/m0/s1. The molecule has 1 N–H and O–H groups in total. The molecule has 8 heteroatoms. The van der Waals surface area contributed by atoms with E-state index in [2.05, 4.69) is 10.3 Å². The van der Waals surface area contributed by atoms with Gasteiger partial charge in [0, 0.05) is 11.8 Å². The maximum Gasteiger partial charge on any atom is 0.398 e. The Morgan fingerprint density at radius 1 is 1.25 bits per heavy atom. The summed E-state index contributed by atoms with van der Waals surface area (Å²) < 4.78 is 50.8. The van der Waals surface area contributed by atoms with E-state index in [-0.39, 0.29) is 10.6 Å². The van der Waals surface area contributed by atoms with E-state index in [4.69, 9.17) is 0 Å². The van der Waals surface area contributed by atoms with E-state index in [9.17, 15) is 22.4 Å². The van der Waals surface area contributed by atoms with Crippen molar-refractivity contribution in [2.24, 2.45) is 0 Å². The van der Waals surface area contributed by atoms with Gasteiger partial charge in [-0.1, -0.05) is 30.0 Å². The summed E-state index contributed by atoms with van der Waals surface area (Å²) in [4.78, 5) is 16.1. The molecular weight excluding hydrogens is 344 g/mol. The van der Waals surface area contributed by atoms with Crippen LogP contribution in [-0.2, 0) is 0 Å². The third-order valence-electron chi connectivity index (χ3n) is 3.11. The van der Waals surface area contributed by atoms with Gasteiger partial charge in [-0.05, 0) is 25.1 Å². The van der Waals surface area contributed by atoms with Crippen LogP contribution in [0.2, 0.25) is 0 Å². The normalized spacial score (nSPS) is 12.7. The molecule has 1 atom stereocenters. The van der Waals surface area contributed by atoms with Crippen LogP contribution in [0.4, 0.5) is 17.6 Å². The van der Waals surface area contributed by atoms with Crippen molar-refractivity contribution in [1.82, 2.24) is 10.3 Å². The Kier molecular flexibility index (Phi) is 5.82. The van der Waals surface area contributed by atoms with Gasteiger partial charge in [-0.3, -0.25) is 4.79 Å². The van der Waals surface area contributed by atoms with Crippen LogP contribution in [0.25, 0.3) is 0 Å². The molecule has 2 aromatic rings. The first-order chi connectivity index (χ1) is 11.3. The lowest BCUT2D eigenvalue weighted by molar-refractivity contribution is -0.105. The van der Waals surface area contributed by atoms with E-state index < -0.39 is 29.7 Å². The minimum absolute atomic E-state index is 0.0203. The predicted octanol–water partition coefficient (Wildman–Crippen LogP) is 4.37. The highest BCUT2D eigenvalue weighted by Gasteiger charge is 2.28. The van der Waals surface area contributed by atoms with Gasteiger partial charge in [0.2, 0.25) is 0 Å². The Hall–Kier alpha value is -2.09. The number of halogens is 4. The first-order valence-corrected chi connectivity index (χ1v) is 7.96. The second-order valence-corrected chi connectivity index (χ2v) is 5.94. The van der Waals surface area contributed by atoms with Crippen LogP contribution in [0.1, 0.15) is 28.9 Å². The highest BCUT2D eigenvalue weighted by Crippen LogP contribution is 2.28. The summed E-state index contributed by atoms with van der Waals surface area (Å²) in [6.45, 7) is 1.59. The quantitative estimate of drug-likeness (QED) is 0.638. The summed E-state index contributed by atoms with van der Waals surface area (Å²) in [7, 11) is 0. The van der Waals surface area contributed by atoms with Gasteiger partial charge in [-0.2, -0.15) is 13.2 Å². The molecule has 0 saturated heterocycles. The molecule has 0 fully saturated rings. The van der Waals surface area contributed by atoms with E-state index in [0.29, 0.717) is 17.3 Å². The molecule has 128 valence electrons. The van der Waals surface area contributed by atoms with Crippen molar-refractivity contribution < 1.29 is 22.4 Å². The SMILES string of the molecule is C[C@H](NC(=O)c1cccnc1SCC(F)(F)F)c1ccccc1F. The second kappa shape index (κ2) is 7.65. The summed E-state index contributed by atoms with van der Waals surface area (Å²) in [5.41, 5.74) is 0.314. The fourth-order valence-electron chi connectivity index (χ4n) is 2.01. The zero-order chi connectivity index (χ0) is 17.7. The number of carbonyl (C=O) groups excluding carboxylic acids is 1. The van der Waals surface area contributed by atoms with E-state index in [1.165, 1.54) is 36.5 Å². The zero-order valence-corrected chi connectivity index (χ0v) is 13.4. The molecule has 0 aliphatic rings. The smallest absolute Gasteiger partial charge is 0.345 e. The predicted molar refractivity (Wildman–Crippen MR) is 83.3 cm³/mol. The van der Waals surface area contributed by atoms with Gasteiger partial charge in [0.1, 0.15) is 10.8 Å². The lowest BCUT2D eigenvalue weighted by atomic mass is 10.1. The summed E-state index contributed by atoms with van der Waals surface area (Å²) in [5, 5.41) is 2.56. The van der Waals surface area contributed by atoms with Gasteiger partial charge in [0.05, 0.1) is 17.4 Å². The largest absolute Gasteiger partial charge is 0.398 e. The Bertz CT molecular complexity index is 721. The van der Waals surface area contributed by atoms with Gasteiger partial charge in [-0.25, -0.2) is 9.37 Å². The Morgan fingerprint density at radius 3 is 2.62 bits per heavy atom. The lowest BCUT2D eigenvalue weighted by Gasteiger charge is -2.16. The fraction of sp³-hybridized carbons (Fsp3) is 0.250. The molecule has 1 aromatic carbocycles. The number of amides is 1. The number of nitrogens with zero attached hydrogens (tertiary/aromatic N) is 1. The van der Waals surface area contributed by atoms with Crippen LogP contribution in [-0.4, -0.2) is 22.8 Å². The molecule has 2 rings (SSSR count). The van der Waals surface area contributed by atoms with Crippen molar-refractivity contribution >= 4 is 17.7 Å². The third-order valence-corrected chi connectivity index (χ3v) is 4.18. The second-order valence-electron chi connectivity index (χ2n) is 4.98. The number of alkyl halides is 3. The summed E-state index contributed by atoms with van der Waals surface area (Å²) >= 11 is 0.437. The van der Waals surface area contributed by atoms with Gasteiger partial charge < -0.3 is 5.32 Å². The van der Waals surface area contributed by atoms with Gasteiger partial charge in [0.15, 0.2) is 0 Å². The molecule has 24 heavy (non-hydrogen) atoms. The number of pyridine rings is 1. The van der Waals surface area contributed by atoms with Gasteiger partial charge in [-0.15, -0.1) is 0 Å². The van der Waals surface area contributed by atoms with E-state index in [1.807, 2.05) is 0 Å². The molecule has 0 spiro atoms. The molecule has 1 amide bonds. The van der Waals surface area contributed by atoms with Gasteiger partial charge in [0.25, 0.3) is 5.91 Å². The van der Waals surface area contributed by atoms with Crippen molar-refractivity contribution in [2.75, 3.05) is 5.75 Å². The Morgan fingerprint density at radius 2 is 1.96 bits per heavy atom. The molecule has 1 aromatic heterocycles. The number of thioether (sulfide) groups is 1. The number of nitrogens with one attached hydrogen (secondary N) is 1. The minimum Gasteiger partial charge on any atom is -0.345 e. The number of benzene rings is 1. The van der Waals surface area contributed by atoms with E-state index in [0.717, 1.165) is 0 Å². The fourth-order valence-corrected chi connectivity index (χ4v) is 2.76. The van der Waals surface area contributed by atoms with Crippen LogP contribution in [0.15, 0.2) is 47.6 Å². The van der Waals surface area contributed by atoms with Crippen LogP contribution < -0.4 is 5.32 Å². The maximum atomic E-state index is 13.7. The number of hydrogen-bond acceptors (Lipinski definition) is 3. The topological polar surface area (TPSA) is 42.0 Å². The van der Waals surface area contributed by atoms with E-state index >= 15 is 0 Å². The number of carbonyl (C=O) groups is 1. The monoisotopic (exact) mass is 358 g/mol. The molecule has 0 radical (unpaired) electrons. The van der Waals surface area contributed by atoms with E-state index in [1.54, 1.807) is 13.0 Å². The van der Waals surface area contributed by atoms with Crippen molar-refractivity contribution in [2.45, 2.75) is 24.2 Å². The highest BCUT2D eigenvalue weighted by molar-refractivity contribution is 7.99. The highest BCUT2D eigenvalue weighted by atomic mass is 32.2. The maximum absolute atomic E-state index is 13.7. The summed E-state index contributed by atoms with van der Waals surface area (Å²) in [6, 6.07) is 8.17. The van der Waals surface area contributed by atoms with Crippen LogP contribution in [0.5, 0.6) is 0 Å². The van der Waals surface area contributed by atoms with Crippen molar-refractivity contribution in [3.05, 3.63) is 59.5 Å². The molecule has 0 saturated carbocycles. The van der Waals surface area contributed by atoms with Gasteiger partial charge >= 0.3 is 6.18 Å². The summed E-state index contributed by atoms with van der Waals surface area (Å²) in [6.07, 6.45) is -3.05. The average molecular weight is 358 g/mol. The first kappa shape index (κ1) is 18.3.